The van der Waals surface area contributed by atoms with E-state index >= 15 is 0 Å². The molecule has 1 saturated heterocycles. The van der Waals surface area contributed by atoms with Crippen LogP contribution in [0.2, 0.25) is 0 Å². The van der Waals surface area contributed by atoms with Crippen molar-refractivity contribution >= 4 is 5.78 Å². The van der Waals surface area contributed by atoms with Crippen molar-refractivity contribution in [1.82, 2.24) is 9.78 Å². The van der Waals surface area contributed by atoms with Crippen molar-refractivity contribution < 1.29 is 9.53 Å². The van der Waals surface area contributed by atoms with Crippen LogP contribution in [-0.2, 0) is 28.4 Å². The first kappa shape index (κ1) is 16.7. The van der Waals surface area contributed by atoms with Gasteiger partial charge < -0.3 is 4.74 Å². The fourth-order valence-electron chi connectivity index (χ4n) is 6.01. The molecule has 5 nitrogen and oxygen atoms in total. The van der Waals surface area contributed by atoms with E-state index < -0.39 is 22.5 Å². The molecule has 4 atom stereocenters. The number of benzene rings is 1. The van der Waals surface area contributed by atoms with Gasteiger partial charge in [-0.15, -0.1) is 0 Å². The number of aromatic nitrogens is 2. The highest BCUT2D eigenvalue weighted by Gasteiger charge is 2.80. The fourth-order valence-corrected chi connectivity index (χ4v) is 6.01. The van der Waals surface area contributed by atoms with Crippen molar-refractivity contribution in [3.8, 4) is 17.3 Å². The summed E-state index contributed by atoms with van der Waals surface area (Å²) in [5.41, 5.74) is 2.16. The quantitative estimate of drug-likeness (QED) is 0.732. The SMILES string of the molecule is Cn1nc2c(c1-c1ccccc1)CC[C@H]1C(C)(C)C(=O)[C@]3(C#N)O[C@H]3[C@]21C. The van der Waals surface area contributed by atoms with Crippen molar-refractivity contribution in [3.63, 3.8) is 0 Å². The number of aryl methyl sites for hydroxylation is 1. The molecule has 0 spiro atoms. The van der Waals surface area contributed by atoms with Crippen molar-refractivity contribution in [2.24, 2.45) is 18.4 Å². The summed E-state index contributed by atoms with van der Waals surface area (Å²) >= 11 is 0. The molecule has 5 rings (SSSR count). The van der Waals surface area contributed by atoms with Gasteiger partial charge in [0.05, 0.1) is 11.4 Å². The van der Waals surface area contributed by atoms with E-state index in [0.29, 0.717) is 0 Å². The number of hydrogen-bond donors (Lipinski definition) is 0. The van der Waals surface area contributed by atoms with Crippen LogP contribution >= 0.6 is 0 Å². The van der Waals surface area contributed by atoms with Crippen LogP contribution in [0.5, 0.6) is 0 Å². The van der Waals surface area contributed by atoms with Gasteiger partial charge in [0.25, 0.3) is 0 Å². The zero-order valence-electron chi connectivity index (χ0n) is 16.1. The van der Waals surface area contributed by atoms with Crippen LogP contribution in [0.1, 0.15) is 38.4 Å². The number of fused-ring (bicyclic) bond motifs is 5. The Morgan fingerprint density at radius 1 is 1.26 bits per heavy atom. The largest absolute Gasteiger partial charge is 0.342 e. The maximum Gasteiger partial charge on any atom is 0.240 e. The van der Waals surface area contributed by atoms with Gasteiger partial charge in [-0.25, -0.2) is 0 Å². The van der Waals surface area contributed by atoms with E-state index in [9.17, 15) is 10.1 Å². The lowest BCUT2D eigenvalue weighted by molar-refractivity contribution is -0.137. The lowest BCUT2D eigenvalue weighted by atomic mass is 9.49. The van der Waals surface area contributed by atoms with Gasteiger partial charge in [0.1, 0.15) is 12.2 Å². The number of hydrogen-bond acceptors (Lipinski definition) is 4. The number of ether oxygens (including phenoxy) is 1. The van der Waals surface area contributed by atoms with E-state index in [1.54, 1.807) is 0 Å². The van der Waals surface area contributed by atoms with Gasteiger partial charge in [-0.2, -0.15) is 10.4 Å². The Hall–Kier alpha value is -2.45. The molecule has 0 N–H and O–H groups in total. The highest BCUT2D eigenvalue weighted by Crippen LogP contribution is 2.66. The minimum absolute atomic E-state index is 0.0624. The number of ketones is 1. The first-order chi connectivity index (χ1) is 12.8. The number of nitrogens with zero attached hydrogens (tertiary/aromatic N) is 3. The summed E-state index contributed by atoms with van der Waals surface area (Å²) < 4.78 is 7.84. The van der Waals surface area contributed by atoms with E-state index in [4.69, 9.17) is 9.84 Å². The van der Waals surface area contributed by atoms with Crippen LogP contribution < -0.4 is 0 Å². The number of epoxide rings is 1. The van der Waals surface area contributed by atoms with Gasteiger partial charge in [-0.05, 0) is 18.8 Å². The second-order valence-electron chi connectivity index (χ2n) is 8.94. The molecule has 3 aliphatic rings. The average Bonchev–Trinajstić information content (AvgIpc) is 3.32. The Balaban J connectivity index is 1.73. The number of carbonyl (C=O) groups is 1. The highest BCUT2D eigenvalue weighted by molar-refractivity contribution is 6.00. The molecule has 5 heteroatoms. The second kappa shape index (κ2) is 4.88. The molecule has 2 heterocycles. The van der Waals surface area contributed by atoms with E-state index in [-0.39, 0.29) is 11.7 Å². The Morgan fingerprint density at radius 3 is 2.63 bits per heavy atom. The Kier molecular flexibility index (Phi) is 3.02. The number of rotatable bonds is 1. The van der Waals surface area contributed by atoms with Crippen molar-refractivity contribution in [1.29, 1.82) is 5.26 Å². The predicted octanol–water partition coefficient (Wildman–Crippen LogP) is 3.18. The Morgan fingerprint density at radius 2 is 1.96 bits per heavy atom. The van der Waals surface area contributed by atoms with Crippen LogP contribution in [0.25, 0.3) is 11.3 Å². The van der Waals surface area contributed by atoms with Crippen LogP contribution in [0, 0.1) is 22.7 Å². The number of nitriles is 1. The van der Waals surface area contributed by atoms with E-state index in [0.717, 1.165) is 29.8 Å². The Bertz CT molecular complexity index is 1020. The van der Waals surface area contributed by atoms with E-state index in [2.05, 4.69) is 25.1 Å². The van der Waals surface area contributed by atoms with E-state index in [1.807, 2.05) is 43.8 Å². The third kappa shape index (κ3) is 1.77. The van der Waals surface area contributed by atoms with Crippen molar-refractivity contribution in [3.05, 3.63) is 41.6 Å². The molecule has 2 aromatic rings. The monoisotopic (exact) mass is 361 g/mol. The average molecular weight is 361 g/mol. The van der Waals surface area contributed by atoms with Gasteiger partial charge in [0, 0.05) is 29.0 Å². The molecule has 2 fully saturated rings. The molecule has 0 amide bonds. The lowest BCUT2D eigenvalue weighted by Crippen LogP contribution is -2.60. The topological polar surface area (TPSA) is 71.2 Å². The first-order valence-electron chi connectivity index (χ1n) is 9.54. The van der Waals surface area contributed by atoms with Gasteiger partial charge in [-0.3, -0.25) is 9.48 Å². The minimum atomic E-state index is -1.30. The molecule has 1 aromatic carbocycles. The summed E-state index contributed by atoms with van der Waals surface area (Å²) in [6, 6.07) is 12.5. The summed E-state index contributed by atoms with van der Waals surface area (Å²) in [6.07, 6.45) is 1.38. The normalized spacial score (nSPS) is 35.6. The molecule has 0 unspecified atom stereocenters. The molecule has 0 bridgehead atoms. The van der Waals surface area contributed by atoms with Crippen LogP contribution in [0.15, 0.2) is 30.3 Å². The van der Waals surface area contributed by atoms with Gasteiger partial charge in [0.2, 0.25) is 5.60 Å². The number of Topliss-reactive ketones (excluding diaryl/α,β-unsaturated/α-hetero) is 1. The van der Waals surface area contributed by atoms with Gasteiger partial charge in [-0.1, -0.05) is 51.1 Å². The predicted molar refractivity (Wildman–Crippen MR) is 99.8 cm³/mol. The summed E-state index contributed by atoms with van der Waals surface area (Å²) in [6.45, 7) is 6.10. The first-order valence-corrected chi connectivity index (χ1v) is 9.54. The highest BCUT2D eigenvalue weighted by atomic mass is 16.6. The molecular formula is C22H23N3O2. The molecule has 1 aliphatic heterocycles. The van der Waals surface area contributed by atoms with Crippen molar-refractivity contribution in [2.45, 2.75) is 50.7 Å². The molecule has 27 heavy (non-hydrogen) atoms. The zero-order chi connectivity index (χ0) is 19.2. The summed E-state index contributed by atoms with van der Waals surface area (Å²) in [7, 11) is 1.98. The minimum Gasteiger partial charge on any atom is -0.342 e. The molecule has 0 radical (unpaired) electrons. The van der Waals surface area contributed by atoms with Crippen LogP contribution in [0.3, 0.4) is 0 Å². The molecule has 1 aromatic heterocycles. The summed E-state index contributed by atoms with van der Waals surface area (Å²) in [5, 5.41) is 14.7. The third-order valence-corrected chi connectivity index (χ3v) is 7.23. The van der Waals surface area contributed by atoms with Gasteiger partial charge >= 0.3 is 0 Å². The molecular weight excluding hydrogens is 338 g/mol. The summed E-state index contributed by atoms with van der Waals surface area (Å²) in [5.74, 6) is 0.0464. The number of carbonyl (C=O) groups excluding carboxylic acids is 1. The molecule has 1 saturated carbocycles. The molecule has 138 valence electrons. The molecule has 2 aliphatic carbocycles. The fraction of sp³-hybridized carbons (Fsp3) is 0.500. The van der Waals surface area contributed by atoms with E-state index in [1.165, 1.54) is 5.56 Å². The lowest BCUT2D eigenvalue weighted by Gasteiger charge is -2.50. The van der Waals surface area contributed by atoms with Crippen LogP contribution in [-0.4, -0.2) is 27.3 Å². The third-order valence-electron chi connectivity index (χ3n) is 7.23. The zero-order valence-corrected chi connectivity index (χ0v) is 16.1. The maximum absolute atomic E-state index is 13.1. The maximum atomic E-state index is 13.1. The van der Waals surface area contributed by atoms with Crippen LogP contribution in [0.4, 0.5) is 0 Å². The van der Waals surface area contributed by atoms with Gasteiger partial charge in [0.15, 0.2) is 5.78 Å². The standard InChI is InChI=1S/C22H23N3O2/c1-20(2)15-11-10-14-16(13-8-6-5-7-9-13)25(4)24-17(14)21(15,3)19-22(12-23,27-19)18(20)26/h5-9,15,19H,10-11H2,1-4H3/t15-,19-,21-,22-/m0/s1. The Labute approximate surface area is 158 Å². The van der Waals surface area contributed by atoms with Crippen molar-refractivity contribution in [2.75, 3.05) is 0 Å². The second-order valence-corrected chi connectivity index (χ2v) is 8.94. The smallest absolute Gasteiger partial charge is 0.240 e. The summed E-state index contributed by atoms with van der Waals surface area (Å²) in [4.78, 5) is 13.1.